The first-order valence-electron chi connectivity index (χ1n) is 6.30. The van der Waals surface area contributed by atoms with Gasteiger partial charge < -0.3 is 5.32 Å². The molecule has 0 saturated carbocycles. The Kier molecular flexibility index (Phi) is 5.33. The second-order valence-electron chi connectivity index (χ2n) is 4.21. The number of hydrogen-bond donors (Lipinski definition) is 3. The summed E-state index contributed by atoms with van der Waals surface area (Å²) >= 11 is 1.19. The maximum Gasteiger partial charge on any atom is 0.321 e. The number of carbonyl (C=O) groups is 2. The molecule has 1 aromatic carbocycles. The number of nitrogens with zero attached hydrogens (tertiary/aromatic N) is 2. The highest BCUT2D eigenvalue weighted by atomic mass is 32.2. The van der Waals surface area contributed by atoms with E-state index in [1.165, 1.54) is 18.1 Å². The number of nitrogens with one attached hydrogen (secondary N) is 3. The number of benzene rings is 1. The van der Waals surface area contributed by atoms with Crippen LogP contribution in [0.15, 0.2) is 41.8 Å². The van der Waals surface area contributed by atoms with E-state index >= 15 is 0 Å². The van der Waals surface area contributed by atoms with Crippen molar-refractivity contribution in [3.8, 4) is 0 Å². The fourth-order valence-corrected chi connectivity index (χ4v) is 2.22. The Morgan fingerprint density at radius 3 is 2.76 bits per heavy atom. The first-order chi connectivity index (χ1) is 10.1. The van der Waals surface area contributed by atoms with Crippen LogP contribution in [0, 0.1) is 0 Å². The van der Waals surface area contributed by atoms with Gasteiger partial charge in [0.1, 0.15) is 6.33 Å². The standard InChI is InChI=1S/C13H15N5O2S/c1-9(21-13-15-8-16-18-13)11(19)17-12(20)14-7-10-5-3-2-4-6-10/h2-6,8-9H,7H2,1H3,(H,15,16,18)(H2,14,17,19,20)/t9-/m1/s1. The van der Waals surface area contributed by atoms with Gasteiger partial charge in [-0.2, -0.15) is 5.10 Å². The van der Waals surface area contributed by atoms with Crippen molar-refractivity contribution in [1.82, 2.24) is 25.8 Å². The first kappa shape index (κ1) is 15.0. The molecule has 0 aliphatic rings. The highest BCUT2D eigenvalue weighted by Crippen LogP contribution is 2.17. The zero-order valence-corrected chi connectivity index (χ0v) is 12.2. The molecule has 0 radical (unpaired) electrons. The zero-order chi connectivity index (χ0) is 15.1. The van der Waals surface area contributed by atoms with Gasteiger partial charge in [-0.15, -0.1) is 0 Å². The number of amides is 3. The molecule has 0 bridgehead atoms. The van der Waals surface area contributed by atoms with Gasteiger partial charge >= 0.3 is 6.03 Å². The van der Waals surface area contributed by atoms with Gasteiger partial charge in [0.2, 0.25) is 5.91 Å². The van der Waals surface area contributed by atoms with Crippen molar-refractivity contribution < 1.29 is 9.59 Å². The van der Waals surface area contributed by atoms with Crippen molar-refractivity contribution >= 4 is 23.7 Å². The molecule has 1 atom stereocenters. The highest BCUT2D eigenvalue weighted by Gasteiger charge is 2.18. The lowest BCUT2D eigenvalue weighted by Crippen LogP contribution is -2.42. The molecule has 21 heavy (non-hydrogen) atoms. The Hall–Kier alpha value is -2.35. The van der Waals surface area contributed by atoms with E-state index in [2.05, 4.69) is 25.8 Å². The molecule has 0 aliphatic carbocycles. The molecule has 8 heteroatoms. The van der Waals surface area contributed by atoms with Crippen LogP contribution < -0.4 is 10.6 Å². The fraction of sp³-hybridized carbons (Fsp3) is 0.231. The molecule has 3 amide bonds. The number of hydrogen-bond acceptors (Lipinski definition) is 5. The summed E-state index contributed by atoms with van der Waals surface area (Å²) in [6, 6.07) is 8.94. The van der Waals surface area contributed by atoms with Crippen molar-refractivity contribution in [1.29, 1.82) is 0 Å². The average molecular weight is 305 g/mol. The molecule has 1 aromatic heterocycles. The van der Waals surface area contributed by atoms with Gasteiger partial charge in [-0.1, -0.05) is 42.1 Å². The van der Waals surface area contributed by atoms with E-state index in [0.29, 0.717) is 11.7 Å². The minimum absolute atomic E-state index is 0.365. The van der Waals surface area contributed by atoms with E-state index in [9.17, 15) is 9.59 Å². The Bertz CT molecular complexity index is 588. The lowest BCUT2D eigenvalue weighted by molar-refractivity contribution is -0.119. The summed E-state index contributed by atoms with van der Waals surface area (Å²) in [5.41, 5.74) is 0.962. The van der Waals surface area contributed by atoms with Gasteiger partial charge in [-0.3, -0.25) is 15.2 Å². The molecule has 2 aromatic rings. The maximum atomic E-state index is 11.8. The van der Waals surface area contributed by atoms with Crippen LogP contribution >= 0.6 is 11.8 Å². The Labute approximate surface area is 125 Å². The van der Waals surface area contributed by atoms with Gasteiger partial charge in [0.25, 0.3) is 0 Å². The summed E-state index contributed by atoms with van der Waals surface area (Å²) in [7, 11) is 0. The molecular weight excluding hydrogens is 290 g/mol. The largest absolute Gasteiger partial charge is 0.334 e. The van der Waals surface area contributed by atoms with E-state index in [1.807, 2.05) is 30.3 Å². The van der Waals surface area contributed by atoms with Gasteiger partial charge in [-0.05, 0) is 12.5 Å². The third kappa shape index (κ3) is 4.92. The highest BCUT2D eigenvalue weighted by molar-refractivity contribution is 8.00. The molecule has 7 nitrogen and oxygen atoms in total. The summed E-state index contributed by atoms with van der Waals surface area (Å²) < 4.78 is 0. The lowest BCUT2D eigenvalue weighted by Gasteiger charge is -2.10. The minimum atomic E-state index is -0.520. The molecule has 2 rings (SSSR count). The van der Waals surface area contributed by atoms with E-state index in [4.69, 9.17) is 0 Å². The number of carbonyl (C=O) groups excluding carboxylic acids is 2. The summed E-state index contributed by atoms with van der Waals surface area (Å²) in [4.78, 5) is 27.4. The normalized spacial score (nSPS) is 11.7. The predicted molar refractivity (Wildman–Crippen MR) is 78.5 cm³/mol. The minimum Gasteiger partial charge on any atom is -0.334 e. The molecule has 0 aliphatic heterocycles. The molecule has 110 valence electrons. The van der Waals surface area contributed by atoms with Crippen LogP contribution in [0.1, 0.15) is 12.5 Å². The fourth-order valence-electron chi connectivity index (χ4n) is 1.51. The molecule has 3 N–H and O–H groups in total. The second-order valence-corrected chi connectivity index (χ2v) is 5.54. The van der Waals surface area contributed by atoms with E-state index in [-0.39, 0.29) is 5.91 Å². The maximum absolute atomic E-state index is 11.8. The number of thioether (sulfide) groups is 1. The molecular formula is C13H15N5O2S. The van der Waals surface area contributed by atoms with Crippen LogP contribution in [0.3, 0.4) is 0 Å². The zero-order valence-electron chi connectivity index (χ0n) is 11.4. The average Bonchev–Trinajstić information content (AvgIpc) is 2.99. The topological polar surface area (TPSA) is 99.8 Å². The van der Waals surface area contributed by atoms with Crippen molar-refractivity contribution in [3.05, 3.63) is 42.2 Å². The molecule has 0 unspecified atom stereocenters. The van der Waals surface area contributed by atoms with Crippen molar-refractivity contribution in [2.75, 3.05) is 0 Å². The van der Waals surface area contributed by atoms with Crippen molar-refractivity contribution in [2.24, 2.45) is 0 Å². The van der Waals surface area contributed by atoms with Crippen LogP contribution in [0.2, 0.25) is 0 Å². The SMILES string of the molecule is C[C@@H](Sc1ncn[nH]1)C(=O)NC(=O)NCc1ccccc1. The molecule has 0 spiro atoms. The third-order valence-corrected chi connectivity index (χ3v) is 3.57. The Balaban J connectivity index is 1.75. The van der Waals surface area contributed by atoms with Gasteiger partial charge in [0.05, 0.1) is 5.25 Å². The molecule has 1 heterocycles. The van der Waals surface area contributed by atoms with Crippen LogP contribution in [0.25, 0.3) is 0 Å². The Morgan fingerprint density at radius 1 is 1.33 bits per heavy atom. The van der Waals surface area contributed by atoms with E-state index in [0.717, 1.165) is 5.56 Å². The summed E-state index contributed by atoms with van der Waals surface area (Å²) in [5, 5.41) is 11.3. The lowest BCUT2D eigenvalue weighted by atomic mass is 10.2. The van der Waals surface area contributed by atoms with Crippen LogP contribution in [-0.4, -0.2) is 32.4 Å². The monoisotopic (exact) mass is 305 g/mol. The van der Waals surface area contributed by atoms with Crippen molar-refractivity contribution in [2.45, 2.75) is 23.9 Å². The van der Waals surface area contributed by atoms with Gasteiger partial charge in [0, 0.05) is 6.54 Å². The Morgan fingerprint density at radius 2 is 2.10 bits per heavy atom. The second kappa shape index (κ2) is 7.44. The molecule has 0 fully saturated rings. The number of urea groups is 1. The first-order valence-corrected chi connectivity index (χ1v) is 7.18. The summed E-state index contributed by atoms with van der Waals surface area (Å²) in [6.07, 6.45) is 1.36. The van der Waals surface area contributed by atoms with E-state index < -0.39 is 11.3 Å². The number of aromatic nitrogens is 3. The number of imide groups is 1. The van der Waals surface area contributed by atoms with E-state index in [1.54, 1.807) is 6.92 Å². The third-order valence-electron chi connectivity index (χ3n) is 2.58. The predicted octanol–water partition coefficient (Wildman–Crippen LogP) is 1.31. The number of aromatic amines is 1. The van der Waals surface area contributed by atoms with Crippen LogP contribution in [-0.2, 0) is 11.3 Å². The van der Waals surface area contributed by atoms with Crippen LogP contribution in [0.5, 0.6) is 0 Å². The smallest absolute Gasteiger partial charge is 0.321 e. The summed E-state index contributed by atoms with van der Waals surface area (Å²) in [5.74, 6) is -0.387. The van der Waals surface area contributed by atoms with Gasteiger partial charge in [0.15, 0.2) is 5.16 Å². The molecule has 0 saturated heterocycles. The number of H-pyrrole nitrogens is 1. The van der Waals surface area contributed by atoms with Gasteiger partial charge in [-0.25, -0.2) is 9.78 Å². The summed E-state index contributed by atoms with van der Waals surface area (Å²) in [6.45, 7) is 2.05. The quantitative estimate of drug-likeness (QED) is 0.723. The van der Waals surface area contributed by atoms with Crippen molar-refractivity contribution in [3.63, 3.8) is 0 Å². The number of rotatable bonds is 5. The van der Waals surface area contributed by atoms with Crippen LogP contribution in [0.4, 0.5) is 4.79 Å².